The number of halogens is 1. The van der Waals surface area contributed by atoms with Crippen molar-refractivity contribution in [3.63, 3.8) is 0 Å². The van der Waals surface area contributed by atoms with E-state index < -0.39 is 0 Å². The number of benzene rings is 3. The fourth-order valence-corrected chi connectivity index (χ4v) is 3.73. The lowest BCUT2D eigenvalue weighted by molar-refractivity contribution is 0.415. The molecule has 1 nitrogen and oxygen atoms in total. The third-order valence-electron chi connectivity index (χ3n) is 5.37. The number of rotatable bonds is 7. The molecule has 3 rings (SSSR count). The number of hydrogen-bond donors (Lipinski definition) is 0. The minimum Gasteiger partial charge on any atom is -0.497 e. The number of methoxy groups -OCH3 is 1. The Morgan fingerprint density at radius 2 is 1.40 bits per heavy atom. The monoisotopic (exact) mass is 417 g/mol. The summed E-state index contributed by atoms with van der Waals surface area (Å²) in [6, 6.07) is 26.6. The summed E-state index contributed by atoms with van der Waals surface area (Å²) in [6.07, 6.45) is 2.16. The van der Waals surface area contributed by atoms with Gasteiger partial charge in [-0.05, 0) is 70.0 Å². The molecule has 0 aromatic heterocycles. The second-order valence-corrected chi connectivity index (χ2v) is 8.67. The molecule has 0 spiro atoms. The zero-order valence-corrected chi connectivity index (χ0v) is 19.2. The Morgan fingerprint density at radius 3 is 1.90 bits per heavy atom. The normalized spacial score (nSPS) is 13.0. The zero-order chi connectivity index (χ0) is 21.7. The van der Waals surface area contributed by atoms with Gasteiger partial charge in [-0.1, -0.05) is 87.8 Å². The van der Waals surface area contributed by atoms with E-state index >= 15 is 0 Å². The average Bonchev–Trinajstić information content (AvgIpc) is 2.77. The Kier molecular flexibility index (Phi) is 7.39. The molecular weight excluding hydrogens is 388 g/mol. The fourth-order valence-electron chi connectivity index (χ4n) is 3.48. The highest BCUT2D eigenvalue weighted by atomic mass is 35.5. The van der Waals surface area contributed by atoms with E-state index in [1.807, 2.05) is 30.3 Å². The molecule has 155 valence electrons. The van der Waals surface area contributed by atoms with Crippen molar-refractivity contribution >= 4 is 16.6 Å². The van der Waals surface area contributed by atoms with Crippen molar-refractivity contribution in [3.8, 4) is 5.75 Å². The van der Waals surface area contributed by atoms with Gasteiger partial charge in [0.1, 0.15) is 5.75 Å². The maximum atomic E-state index is 6.81. The second kappa shape index (κ2) is 10.00. The summed E-state index contributed by atoms with van der Waals surface area (Å²) in [6.45, 7) is 8.88. The van der Waals surface area contributed by atoms with Crippen LogP contribution in [0.4, 0.5) is 0 Å². The lowest BCUT2D eigenvalue weighted by atomic mass is 9.85. The molecule has 2 heteroatoms. The van der Waals surface area contributed by atoms with Crippen LogP contribution in [0.25, 0.3) is 5.03 Å². The predicted molar refractivity (Wildman–Crippen MR) is 129 cm³/mol. The summed E-state index contributed by atoms with van der Waals surface area (Å²) in [4.78, 5) is 0. The van der Waals surface area contributed by atoms with Gasteiger partial charge in [0.15, 0.2) is 0 Å². The average molecular weight is 418 g/mol. The highest BCUT2D eigenvalue weighted by molar-refractivity contribution is 6.48. The summed E-state index contributed by atoms with van der Waals surface area (Å²) < 4.78 is 5.27. The molecule has 30 heavy (non-hydrogen) atoms. The van der Waals surface area contributed by atoms with Gasteiger partial charge >= 0.3 is 0 Å². The van der Waals surface area contributed by atoms with E-state index in [4.69, 9.17) is 16.3 Å². The second-order valence-electron chi connectivity index (χ2n) is 8.27. The highest BCUT2D eigenvalue weighted by Crippen LogP contribution is 2.35. The van der Waals surface area contributed by atoms with E-state index in [1.54, 1.807) is 7.11 Å². The van der Waals surface area contributed by atoms with Gasteiger partial charge in [-0.2, -0.15) is 0 Å². The summed E-state index contributed by atoms with van der Waals surface area (Å²) in [7, 11) is 1.67. The van der Waals surface area contributed by atoms with Crippen LogP contribution < -0.4 is 4.74 Å². The summed E-state index contributed by atoms with van der Waals surface area (Å²) in [5, 5.41) is 0.733. The van der Waals surface area contributed by atoms with Gasteiger partial charge in [0, 0.05) is 11.0 Å². The number of hydrogen-bond acceptors (Lipinski definition) is 1. The molecule has 1 radical (unpaired) electrons. The van der Waals surface area contributed by atoms with Crippen molar-refractivity contribution in [2.24, 2.45) is 0 Å². The van der Waals surface area contributed by atoms with Crippen LogP contribution in [0.15, 0.2) is 72.8 Å². The molecule has 3 aromatic carbocycles. The Hall–Kier alpha value is -2.51. The van der Waals surface area contributed by atoms with Gasteiger partial charge in [0.25, 0.3) is 0 Å². The van der Waals surface area contributed by atoms with Crippen LogP contribution in [-0.2, 0) is 0 Å². The van der Waals surface area contributed by atoms with Gasteiger partial charge in [0.05, 0.1) is 7.11 Å². The van der Waals surface area contributed by atoms with E-state index in [9.17, 15) is 0 Å². The van der Waals surface area contributed by atoms with Crippen molar-refractivity contribution in [2.75, 3.05) is 7.11 Å². The molecule has 0 saturated heterocycles. The molecule has 0 bridgehead atoms. The largest absolute Gasteiger partial charge is 0.497 e. The Balaban J connectivity index is 2.12. The van der Waals surface area contributed by atoms with E-state index in [0.717, 1.165) is 16.3 Å². The van der Waals surface area contributed by atoms with Gasteiger partial charge < -0.3 is 4.74 Å². The van der Waals surface area contributed by atoms with Crippen molar-refractivity contribution < 1.29 is 4.74 Å². The fraction of sp³-hybridized carbons (Fsp3) is 0.286. The first-order valence-electron chi connectivity index (χ1n) is 10.5. The zero-order valence-electron chi connectivity index (χ0n) is 18.4. The van der Waals surface area contributed by atoms with E-state index in [1.165, 1.54) is 22.3 Å². The first kappa shape index (κ1) is 22.2. The van der Waals surface area contributed by atoms with Crippen LogP contribution in [-0.4, -0.2) is 7.11 Å². The molecule has 0 aliphatic rings. The van der Waals surface area contributed by atoms with Gasteiger partial charge in [-0.25, -0.2) is 0 Å². The first-order chi connectivity index (χ1) is 14.4. The smallest absolute Gasteiger partial charge is 0.118 e. The van der Waals surface area contributed by atoms with Gasteiger partial charge in [0.2, 0.25) is 0 Å². The lowest BCUT2D eigenvalue weighted by Gasteiger charge is -2.20. The summed E-state index contributed by atoms with van der Waals surface area (Å²) >= 11 is 6.81. The third kappa shape index (κ3) is 5.34. The first-order valence-corrected chi connectivity index (χ1v) is 10.9. The van der Waals surface area contributed by atoms with Crippen LogP contribution in [0.1, 0.15) is 73.3 Å². The number of ether oxygens (including phenoxy) is 1. The molecule has 0 fully saturated rings. The van der Waals surface area contributed by atoms with Crippen molar-refractivity contribution in [1.82, 2.24) is 0 Å². The molecule has 0 heterocycles. The molecular formula is C28H30ClO. The molecule has 0 aliphatic carbocycles. The van der Waals surface area contributed by atoms with Crippen LogP contribution in [0.3, 0.4) is 0 Å². The SMILES string of the molecule is COc1ccc(C(Cl)=CC(c2ccccc2)c2cc(C(C)C)[c]c(C(C)C)c2)cc1. The van der Waals surface area contributed by atoms with Crippen molar-refractivity contribution in [3.05, 3.63) is 107 Å². The predicted octanol–water partition coefficient (Wildman–Crippen LogP) is 8.15. The molecule has 0 amide bonds. The molecule has 0 saturated carbocycles. The molecule has 1 unspecified atom stereocenters. The van der Waals surface area contributed by atoms with Crippen LogP contribution >= 0.6 is 11.6 Å². The van der Waals surface area contributed by atoms with Crippen LogP contribution in [0.2, 0.25) is 0 Å². The molecule has 0 N–H and O–H groups in total. The number of allylic oxidation sites excluding steroid dienone is 1. The van der Waals surface area contributed by atoms with Crippen molar-refractivity contribution in [2.45, 2.75) is 45.4 Å². The van der Waals surface area contributed by atoms with Crippen LogP contribution in [0.5, 0.6) is 5.75 Å². The molecule has 1 atom stereocenters. The minimum absolute atomic E-state index is 0.0606. The van der Waals surface area contributed by atoms with Gasteiger partial charge in [-0.15, -0.1) is 0 Å². The molecule has 0 aliphatic heterocycles. The highest BCUT2D eigenvalue weighted by Gasteiger charge is 2.17. The quantitative estimate of drug-likeness (QED) is 0.376. The lowest BCUT2D eigenvalue weighted by Crippen LogP contribution is -2.03. The van der Waals surface area contributed by atoms with Gasteiger partial charge in [-0.3, -0.25) is 0 Å². The van der Waals surface area contributed by atoms with E-state index in [0.29, 0.717) is 11.8 Å². The third-order valence-corrected chi connectivity index (χ3v) is 5.72. The Bertz CT molecular complexity index is 959. The van der Waals surface area contributed by atoms with Crippen molar-refractivity contribution in [1.29, 1.82) is 0 Å². The Labute approximate surface area is 186 Å². The minimum atomic E-state index is 0.0606. The maximum absolute atomic E-state index is 6.81. The van der Waals surface area contributed by atoms with Crippen LogP contribution in [0, 0.1) is 6.07 Å². The van der Waals surface area contributed by atoms with E-state index in [-0.39, 0.29) is 5.92 Å². The summed E-state index contributed by atoms with van der Waals surface area (Å²) in [5.41, 5.74) is 5.94. The standard InChI is InChI=1S/C28H30ClO/c1-19(2)23-15-24(20(3)4)17-25(16-23)27(21-9-7-6-8-10-21)18-28(29)22-11-13-26(30-5)14-12-22/h6-14,16-20,27H,1-5H3. The Morgan fingerprint density at radius 1 is 0.833 bits per heavy atom. The topological polar surface area (TPSA) is 9.23 Å². The molecule has 3 aromatic rings. The maximum Gasteiger partial charge on any atom is 0.118 e. The van der Waals surface area contributed by atoms with E-state index in [2.05, 4.69) is 76.2 Å². The summed E-state index contributed by atoms with van der Waals surface area (Å²) in [5.74, 6) is 1.72.